The van der Waals surface area contributed by atoms with Crippen LogP contribution in [0.2, 0.25) is 0 Å². The van der Waals surface area contributed by atoms with E-state index in [-0.39, 0.29) is 30.0 Å². The van der Waals surface area contributed by atoms with Crippen LogP contribution in [0, 0.1) is 17.0 Å². The minimum atomic E-state index is -0.884. The number of piperazine rings is 1. The quantitative estimate of drug-likeness (QED) is 0.136. The van der Waals surface area contributed by atoms with E-state index in [1.165, 1.54) is 25.3 Å². The molecule has 0 saturated carbocycles. The second-order valence-electron chi connectivity index (χ2n) is 11.7. The van der Waals surface area contributed by atoms with E-state index in [0.717, 1.165) is 50.5 Å². The monoisotopic (exact) mass is 636 g/mol. The highest BCUT2D eigenvalue weighted by molar-refractivity contribution is 5.99. The number of β-amino-alcohol motifs (C(OH)–C–C–N with tert-alkyl or cyclic N) is 1. The van der Waals surface area contributed by atoms with Gasteiger partial charge in [-0.1, -0.05) is 30.3 Å². The number of carbonyl (C=O) groups excluding carboxylic acids is 2. The molecule has 0 spiro atoms. The highest BCUT2D eigenvalue weighted by atomic mass is 16.6. The maximum atomic E-state index is 13.4. The summed E-state index contributed by atoms with van der Waals surface area (Å²) in [5.74, 6) is -1.32. The van der Waals surface area contributed by atoms with Crippen molar-refractivity contribution in [3.63, 3.8) is 0 Å². The fraction of sp³-hybridized carbons (Fsp3) is 0.471. The Morgan fingerprint density at radius 2 is 1.65 bits per heavy atom. The van der Waals surface area contributed by atoms with Crippen molar-refractivity contribution in [2.75, 3.05) is 59.6 Å². The van der Waals surface area contributed by atoms with Crippen molar-refractivity contribution >= 4 is 17.6 Å². The third-order valence-corrected chi connectivity index (χ3v) is 8.36. The van der Waals surface area contributed by atoms with Gasteiger partial charge in [-0.2, -0.15) is 0 Å². The molecule has 0 aromatic heterocycles. The zero-order valence-electron chi connectivity index (χ0n) is 27.0. The van der Waals surface area contributed by atoms with Gasteiger partial charge in [0.05, 0.1) is 35.7 Å². The van der Waals surface area contributed by atoms with Crippen molar-refractivity contribution < 1.29 is 33.8 Å². The number of aliphatic hydroxyl groups excluding tert-OH is 1. The number of aryl methyl sites for hydroxylation is 1. The van der Waals surface area contributed by atoms with E-state index < -0.39 is 28.9 Å². The number of methoxy groups -OCH3 is 1. The van der Waals surface area contributed by atoms with E-state index >= 15 is 0 Å². The van der Waals surface area contributed by atoms with Crippen molar-refractivity contribution in [3.05, 3.63) is 92.3 Å². The predicted molar refractivity (Wildman–Crippen MR) is 172 cm³/mol. The van der Waals surface area contributed by atoms with Gasteiger partial charge in [-0.05, 0) is 57.4 Å². The van der Waals surface area contributed by atoms with Crippen LogP contribution in [0.1, 0.15) is 43.7 Å². The highest BCUT2D eigenvalue weighted by Gasteiger charge is 2.38. The van der Waals surface area contributed by atoms with Gasteiger partial charge in [-0.15, -0.1) is 0 Å². The molecule has 2 aliphatic rings. The average Bonchev–Trinajstić information content (AvgIpc) is 3.04. The third kappa shape index (κ3) is 8.93. The van der Waals surface area contributed by atoms with Crippen LogP contribution >= 0.6 is 0 Å². The summed E-state index contributed by atoms with van der Waals surface area (Å²) in [6, 6.07) is 13.7. The summed E-state index contributed by atoms with van der Waals surface area (Å²) < 4.78 is 16.5. The zero-order chi connectivity index (χ0) is 33.2. The first-order valence-electron chi connectivity index (χ1n) is 15.6. The van der Waals surface area contributed by atoms with Crippen molar-refractivity contribution in [2.24, 2.45) is 0 Å². The number of nitrogens with one attached hydrogen (secondary N) is 1. The number of carbonyl (C=O) groups is 2. The molecule has 0 aliphatic carbocycles. The summed E-state index contributed by atoms with van der Waals surface area (Å²) in [4.78, 5) is 41.8. The molecule has 2 N–H and O–H groups in total. The summed E-state index contributed by atoms with van der Waals surface area (Å²) >= 11 is 0. The Bertz CT molecular complexity index is 1460. The molecule has 46 heavy (non-hydrogen) atoms. The lowest BCUT2D eigenvalue weighted by molar-refractivity contribution is -0.384. The van der Waals surface area contributed by atoms with Crippen LogP contribution < -0.4 is 10.1 Å². The first-order chi connectivity index (χ1) is 22.1. The number of dihydropyridines is 1. The molecule has 12 heteroatoms. The van der Waals surface area contributed by atoms with Gasteiger partial charge in [0.15, 0.2) is 0 Å². The van der Waals surface area contributed by atoms with Gasteiger partial charge in [0.1, 0.15) is 18.5 Å². The van der Waals surface area contributed by atoms with Crippen molar-refractivity contribution in [3.8, 4) is 5.75 Å². The van der Waals surface area contributed by atoms with Crippen LogP contribution in [0.25, 0.3) is 0 Å². The standard InChI is InChI=1S/C34H44N4O8/c1-23-10-5-6-13-29(23)46-22-28(39)21-37-17-15-36(16-18-37)14-7-8-19-45-34(41)31-25(3)35-24(2)30(33(40)44-4)32(31)26-11-9-12-27(20-26)38(42)43/h5-6,9-13,20,28,32,35,39H,7-8,14-19,21-22H2,1-4H3. The van der Waals surface area contributed by atoms with Crippen molar-refractivity contribution in [2.45, 2.75) is 45.6 Å². The number of para-hydroxylation sites is 1. The number of nitrogens with zero attached hydrogens (tertiary/aromatic N) is 3. The Morgan fingerprint density at radius 3 is 2.33 bits per heavy atom. The Hall–Kier alpha value is -4.26. The van der Waals surface area contributed by atoms with E-state index in [9.17, 15) is 24.8 Å². The molecule has 248 valence electrons. The average molecular weight is 637 g/mol. The van der Waals surface area contributed by atoms with Gasteiger partial charge < -0.3 is 29.5 Å². The maximum Gasteiger partial charge on any atom is 0.336 e. The number of hydrogen-bond acceptors (Lipinski definition) is 11. The van der Waals surface area contributed by atoms with E-state index in [1.807, 2.05) is 31.2 Å². The molecule has 0 radical (unpaired) electrons. The number of ether oxygens (including phenoxy) is 3. The van der Waals surface area contributed by atoms with E-state index in [4.69, 9.17) is 14.2 Å². The minimum absolute atomic E-state index is 0.146. The van der Waals surface area contributed by atoms with Crippen LogP contribution in [-0.2, 0) is 19.1 Å². The summed E-state index contributed by atoms with van der Waals surface area (Å²) in [6.07, 6.45) is 0.913. The summed E-state index contributed by atoms with van der Waals surface area (Å²) in [6.45, 7) is 10.7. The van der Waals surface area contributed by atoms with Gasteiger partial charge in [0.25, 0.3) is 5.69 Å². The molecule has 4 rings (SSSR count). The molecule has 12 nitrogen and oxygen atoms in total. The number of aliphatic hydroxyl groups is 1. The molecule has 0 bridgehead atoms. The lowest BCUT2D eigenvalue weighted by atomic mass is 9.80. The van der Waals surface area contributed by atoms with Crippen LogP contribution in [0.3, 0.4) is 0 Å². The second kappa shape index (κ2) is 16.3. The number of non-ortho nitro benzene ring substituents is 1. The van der Waals surface area contributed by atoms with Gasteiger partial charge >= 0.3 is 11.9 Å². The number of nitro benzene ring substituents is 1. The lowest BCUT2D eigenvalue weighted by Gasteiger charge is -2.35. The van der Waals surface area contributed by atoms with Crippen molar-refractivity contribution in [1.29, 1.82) is 0 Å². The Balaban J connectivity index is 1.24. The maximum absolute atomic E-state index is 13.4. The Morgan fingerprint density at radius 1 is 0.978 bits per heavy atom. The fourth-order valence-electron chi connectivity index (χ4n) is 5.93. The van der Waals surface area contributed by atoms with E-state index in [0.29, 0.717) is 29.9 Å². The predicted octanol–water partition coefficient (Wildman–Crippen LogP) is 3.69. The van der Waals surface area contributed by atoms with Gasteiger partial charge in [0.2, 0.25) is 0 Å². The van der Waals surface area contributed by atoms with Crippen LogP contribution in [-0.4, -0.2) is 97.5 Å². The largest absolute Gasteiger partial charge is 0.491 e. The molecule has 2 atom stereocenters. The van der Waals surface area contributed by atoms with Crippen LogP contribution in [0.15, 0.2) is 71.1 Å². The Labute approximate surface area is 269 Å². The molecule has 1 saturated heterocycles. The topological polar surface area (TPSA) is 144 Å². The molecular formula is C34H44N4O8. The van der Waals surface area contributed by atoms with Crippen molar-refractivity contribution in [1.82, 2.24) is 15.1 Å². The second-order valence-corrected chi connectivity index (χ2v) is 11.7. The normalized spacial score (nSPS) is 18.2. The van der Waals surface area contributed by atoms with E-state index in [2.05, 4.69) is 15.1 Å². The molecule has 2 aliphatic heterocycles. The summed E-state index contributed by atoms with van der Waals surface area (Å²) in [7, 11) is 1.25. The van der Waals surface area contributed by atoms with Gasteiger partial charge in [0, 0.05) is 56.3 Å². The number of rotatable bonds is 14. The zero-order valence-corrected chi connectivity index (χ0v) is 27.0. The molecule has 2 aromatic carbocycles. The summed E-state index contributed by atoms with van der Waals surface area (Å²) in [5, 5.41) is 25.0. The molecule has 2 unspecified atom stereocenters. The molecule has 0 amide bonds. The number of esters is 2. The number of unbranched alkanes of at least 4 members (excludes halogenated alkanes) is 1. The first kappa shape index (κ1) is 34.6. The molecule has 2 aromatic rings. The first-order valence-corrected chi connectivity index (χ1v) is 15.6. The highest BCUT2D eigenvalue weighted by Crippen LogP contribution is 2.40. The van der Waals surface area contributed by atoms with Crippen LogP contribution in [0.5, 0.6) is 5.75 Å². The number of nitro groups is 1. The molecular weight excluding hydrogens is 592 g/mol. The van der Waals surface area contributed by atoms with Gasteiger partial charge in [-0.25, -0.2) is 9.59 Å². The molecule has 2 heterocycles. The Kier molecular flexibility index (Phi) is 12.3. The fourth-order valence-corrected chi connectivity index (χ4v) is 5.93. The number of hydrogen-bond donors (Lipinski definition) is 2. The number of allylic oxidation sites excluding steroid dienone is 2. The van der Waals surface area contributed by atoms with Gasteiger partial charge in [-0.3, -0.25) is 15.0 Å². The lowest BCUT2D eigenvalue weighted by Crippen LogP contribution is -2.49. The molecule has 1 fully saturated rings. The SMILES string of the molecule is COC(=O)C1=C(C)NC(C)=C(C(=O)OCCCCN2CCN(CC(O)COc3ccccc3C)CC2)C1c1cccc([N+](=O)[O-])c1. The van der Waals surface area contributed by atoms with E-state index in [1.54, 1.807) is 19.9 Å². The number of benzene rings is 2. The smallest absolute Gasteiger partial charge is 0.336 e. The van der Waals surface area contributed by atoms with Crippen LogP contribution in [0.4, 0.5) is 5.69 Å². The minimum Gasteiger partial charge on any atom is -0.491 e. The summed E-state index contributed by atoms with van der Waals surface area (Å²) in [5.41, 5.74) is 2.75. The third-order valence-electron chi connectivity index (χ3n) is 8.36.